The third-order valence-corrected chi connectivity index (χ3v) is 9.94. The quantitative estimate of drug-likeness (QED) is 0.0888. The lowest BCUT2D eigenvalue weighted by molar-refractivity contribution is -0.302. The molecular weight excluding hydrogens is 479 g/mol. The normalized spacial score (nSPS) is 30.2. The molecule has 0 N–H and O–H groups in total. The standard InChI is InChI=1S/C33H51FO4/c1-3-5-6-21-36-37-23-25-9-13-29(14-10-25)33(35)38-32-20-19-30(22-31(32)34)28-17-15-27(16-18-28)26-11-7-24(4-2)8-12-26/h19-20,22,24-29H,3-18,21,23H2,1-2H3. The van der Waals surface area contributed by atoms with Crippen LogP contribution < -0.4 is 4.74 Å². The van der Waals surface area contributed by atoms with Crippen LogP contribution in [0.5, 0.6) is 5.75 Å². The fourth-order valence-electron chi connectivity index (χ4n) is 7.22. The molecule has 0 spiro atoms. The van der Waals surface area contributed by atoms with Gasteiger partial charge in [-0.05, 0) is 118 Å². The Morgan fingerprint density at radius 3 is 2.11 bits per heavy atom. The number of halogens is 1. The number of ether oxygens (including phenoxy) is 1. The summed E-state index contributed by atoms with van der Waals surface area (Å²) in [6.45, 7) is 5.71. The molecule has 4 rings (SSSR count). The first kappa shape index (κ1) is 29.5. The number of esters is 1. The highest BCUT2D eigenvalue weighted by molar-refractivity contribution is 5.75. The maximum atomic E-state index is 15.0. The average Bonchev–Trinajstić information content (AvgIpc) is 2.96. The monoisotopic (exact) mass is 530 g/mol. The second-order valence-corrected chi connectivity index (χ2v) is 12.4. The molecule has 0 aliphatic heterocycles. The average molecular weight is 531 g/mol. The van der Waals surface area contributed by atoms with Crippen molar-refractivity contribution >= 4 is 5.97 Å². The van der Waals surface area contributed by atoms with Crippen LogP contribution in [0.25, 0.3) is 0 Å². The van der Waals surface area contributed by atoms with Gasteiger partial charge in [0, 0.05) is 0 Å². The van der Waals surface area contributed by atoms with Crippen molar-refractivity contribution in [3.05, 3.63) is 29.6 Å². The van der Waals surface area contributed by atoms with Crippen molar-refractivity contribution in [2.24, 2.45) is 29.6 Å². The van der Waals surface area contributed by atoms with E-state index in [4.69, 9.17) is 14.5 Å². The van der Waals surface area contributed by atoms with Crippen LogP contribution in [-0.2, 0) is 14.6 Å². The molecule has 1 aromatic rings. The summed E-state index contributed by atoms with van der Waals surface area (Å²) in [5.74, 6) is 2.74. The summed E-state index contributed by atoms with van der Waals surface area (Å²) < 4.78 is 20.5. The van der Waals surface area contributed by atoms with E-state index in [1.807, 2.05) is 6.07 Å². The number of rotatable bonds is 12. The van der Waals surface area contributed by atoms with Crippen LogP contribution in [0.1, 0.15) is 128 Å². The van der Waals surface area contributed by atoms with Crippen molar-refractivity contribution in [3.8, 4) is 5.75 Å². The SMILES string of the molecule is CCCCCOOCC1CCC(C(=O)Oc2ccc(C3CCC(C4CCC(CC)CC4)CC3)cc2F)CC1. The molecule has 4 nitrogen and oxygen atoms in total. The highest BCUT2D eigenvalue weighted by Crippen LogP contribution is 2.44. The van der Waals surface area contributed by atoms with E-state index < -0.39 is 5.82 Å². The van der Waals surface area contributed by atoms with Crippen molar-refractivity contribution < 1.29 is 23.7 Å². The van der Waals surface area contributed by atoms with Gasteiger partial charge in [-0.2, -0.15) is 0 Å². The first-order chi connectivity index (χ1) is 18.6. The van der Waals surface area contributed by atoms with Crippen molar-refractivity contribution in [2.45, 2.75) is 122 Å². The number of unbranched alkanes of at least 4 members (excludes halogenated alkanes) is 2. The summed E-state index contributed by atoms with van der Waals surface area (Å²) >= 11 is 0. The van der Waals surface area contributed by atoms with Crippen LogP contribution in [0.4, 0.5) is 4.39 Å². The van der Waals surface area contributed by atoms with Crippen LogP contribution in [0.3, 0.4) is 0 Å². The van der Waals surface area contributed by atoms with Gasteiger partial charge in [-0.25, -0.2) is 14.2 Å². The summed E-state index contributed by atoms with van der Waals surface area (Å²) in [7, 11) is 0. The molecule has 3 aliphatic carbocycles. The topological polar surface area (TPSA) is 44.8 Å². The van der Waals surface area contributed by atoms with E-state index in [1.165, 1.54) is 51.4 Å². The van der Waals surface area contributed by atoms with Gasteiger partial charge in [-0.15, -0.1) is 0 Å². The maximum absolute atomic E-state index is 15.0. The molecule has 0 atom stereocenters. The van der Waals surface area contributed by atoms with Gasteiger partial charge in [0.15, 0.2) is 11.6 Å². The molecule has 0 saturated heterocycles. The van der Waals surface area contributed by atoms with Crippen LogP contribution in [-0.4, -0.2) is 19.2 Å². The van der Waals surface area contributed by atoms with Crippen molar-refractivity contribution in [1.82, 2.24) is 0 Å². The van der Waals surface area contributed by atoms with Gasteiger partial charge in [0.2, 0.25) is 0 Å². The van der Waals surface area contributed by atoms with Crippen molar-refractivity contribution in [3.63, 3.8) is 0 Å². The molecule has 38 heavy (non-hydrogen) atoms. The van der Waals surface area contributed by atoms with Gasteiger partial charge in [-0.1, -0.05) is 52.0 Å². The van der Waals surface area contributed by atoms with E-state index in [-0.39, 0.29) is 17.6 Å². The van der Waals surface area contributed by atoms with Gasteiger partial charge in [0.05, 0.1) is 19.1 Å². The molecule has 3 aliphatic rings. The zero-order chi connectivity index (χ0) is 26.7. The number of benzene rings is 1. The molecule has 0 bridgehead atoms. The molecule has 1 aromatic carbocycles. The van der Waals surface area contributed by atoms with Crippen LogP contribution in [0.15, 0.2) is 18.2 Å². The Hall–Kier alpha value is -1.46. The highest BCUT2D eigenvalue weighted by Gasteiger charge is 2.32. The number of hydrogen-bond acceptors (Lipinski definition) is 4. The van der Waals surface area contributed by atoms with E-state index in [9.17, 15) is 9.18 Å². The summed E-state index contributed by atoms with van der Waals surface area (Å²) in [6, 6.07) is 5.28. The van der Waals surface area contributed by atoms with Gasteiger partial charge < -0.3 is 4.74 Å². The van der Waals surface area contributed by atoms with E-state index in [0.29, 0.717) is 25.0 Å². The largest absolute Gasteiger partial charge is 0.423 e. The van der Waals surface area contributed by atoms with Gasteiger partial charge in [0.25, 0.3) is 0 Å². The van der Waals surface area contributed by atoms with E-state index in [2.05, 4.69) is 13.8 Å². The van der Waals surface area contributed by atoms with Gasteiger partial charge >= 0.3 is 5.97 Å². The van der Waals surface area contributed by atoms with Crippen LogP contribution in [0.2, 0.25) is 0 Å². The molecule has 3 saturated carbocycles. The predicted molar refractivity (Wildman–Crippen MR) is 149 cm³/mol. The van der Waals surface area contributed by atoms with E-state index in [1.54, 1.807) is 12.1 Å². The molecular formula is C33H51FO4. The summed E-state index contributed by atoms with van der Waals surface area (Å²) in [5.41, 5.74) is 1.06. The van der Waals surface area contributed by atoms with Crippen LogP contribution in [0, 0.1) is 35.4 Å². The Morgan fingerprint density at radius 2 is 1.47 bits per heavy atom. The lowest BCUT2D eigenvalue weighted by Crippen LogP contribution is -2.27. The zero-order valence-electron chi connectivity index (χ0n) is 23.9. The molecule has 0 aromatic heterocycles. The lowest BCUT2D eigenvalue weighted by atomic mass is 9.68. The second kappa shape index (κ2) is 15.4. The molecule has 0 unspecified atom stereocenters. The van der Waals surface area contributed by atoms with Gasteiger partial charge in [0.1, 0.15) is 0 Å². The van der Waals surface area contributed by atoms with Crippen molar-refractivity contribution in [2.75, 3.05) is 13.2 Å². The minimum Gasteiger partial charge on any atom is -0.423 e. The Labute approximate surface area is 230 Å². The Kier molecular flexibility index (Phi) is 11.9. The smallest absolute Gasteiger partial charge is 0.314 e. The lowest BCUT2D eigenvalue weighted by Gasteiger charge is -2.38. The Bertz CT molecular complexity index is 833. The van der Waals surface area contributed by atoms with Gasteiger partial charge in [-0.3, -0.25) is 4.79 Å². The third kappa shape index (κ3) is 8.52. The van der Waals surface area contributed by atoms with E-state index in [0.717, 1.165) is 74.7 Å². The number of carbonyl (C=O) groups excluding carboxylic acids is 1. The minimum atomic E-state index is -0.404. The summed E-state index contributed by atoms with van der Waals surface area (Å²) in [6.07, 6.45) is 18.5. The predicted octanol–water partition coefficient (Wildman–Crippen LogP) is 9.17. The number of carbonyl (C=O) groups is 1. The first-order valence-electron chi connectivity index (χ1n) is 15.8. The fraction of sp³-hybridized carbons (Fsp3) is 0.788. The van der Waals surface area contributed by atoms with E-state index >= 15 is 0 Å². The molecule has 3 fully saturated rings. The maximum Gasteiger partial charge on any atom is 0.314 e. The fourth-order valence-corrected chi connectivity index (χ4v) is 7.22. The Morgan fingerprint density at radius 1 is 0.816 bits per heavy atom. The third-order valence-electron chi connectivity index (χ3n) is 9.94. The van der Waals surface area contributed by atoms with Crippen molar-refractivity contribution in [1.29, 1.82) is 0 Å². The molecule has 0 amide bonds. The zero-order valence-corrected chi connectivity index (χ0v) is 23.9. The molecule has 214 valence electrons. The number of hydrogen-bond donors (Lipinski definition) is 0. The Balaban J connectivity index is 1.17. The highest BCUT2D eigenvalue weighted by atomic mass is 19.1. The molecule has 0 heterocycles. The molecule has 0 radical (unpaired) electrons. The second-order valence-electron chi connectivity index (χ2n) is 12.4. The first-order valence-corrected chi connectivity index (χ1v) is 15.8. The summed E-state index contributed by atoms with van der Waals surface area (Å²) in [5, 5.41) is 0. The minimum absolute atomic E-state index is 0.0751. The van der Waals surface area contributed by atoms with Crippen LogP contribution >= 0.6 is 0 Å². The molecule has 5 heteroatoms. The summed E-state index contributed by atoms with van der Waals surface area (Å²) in [4.78, 5) is 23.4.